The Morgan fingerprint density at radius 1 is 1.16 bits per heavy atom. The zero-order valence-corrected chi connectivity index (χ0v) is 11.8. The molecular formula is C14H24N2O3. The van der Waals surface area contributed by atoms with Gasteiger partial charge in [0.2, 0.25) is 0 Å². The highest BCUT2D eigenvalue weighted by atomic mass is 16.5. The van der Waals surface area contributed by atoms with Gasteiger partial charge in [-0.15, -0.1) is 0 Å². The lowest BCUT2D eigenvalue weighted by Crippen LogP contribution is -2.32. The molecule has 0 spiro atoms. The molecule has 0 aliphatic rings. The van der Waals surface area contributed by atoms with Gasteiger partial charge in [-0.05, 0) is 19.9 Å². The highest BCUT2D eigenvalue weighted by Crippen LogP contribution is 2.18. The van der Waals surface area contributed by atoms with Crippen LogP contribution >= 0.6 is 0 Å². The minimum absolute atomic E-state index is 0.0115. The van der Waals surface area contributed by atoms with Gasteiger partial charge in [0.15, 0.2) is 0 Å². The predicted octanol–water partition coefficient (Wildman–Crippen LogP) is 1.45. The summed E-state index contributed by atoms with van der Waals surface area (Å²) in [6.45, 7) is 8.22. The quantitative estimate of drug-likeness (QED) is 0.651. The van der Waals surface area contributed by atoms with E-state index < -0.39 is 0 Å². The first-order valence-corrected chi connectivity index (χ1v) is 6.77. The molecule has 1 rings (SSSR count). The third-order valence-electron chi connectivity index (χ3n) is 2.82. The third kappa shape index (κ3) is 5.55. The normalized spacial score (nSPS) is 10.7. The van der Waals surface area contributed by atoms with Crippen LogP contribution in [0.25, 0.3) is 0 Å². The van der Waals surface area contributed by atoms with Gasteiger partial charge < -0.3 is 19.5 Å². The van der Waals surface area contributed by atoms with Crippen molar-refractivity contribution in [2.45, 2.75) is 20.5 Å². The van der Waals surface area contributed by atoms with Gasteiger partial charge in [-0.25, -0.2) is 0 Å². The molecule has 1 heterocycles. The van der Waals surface area contributed by atoms with Crippen molar-refractivity contribution in [3.8, 4) is 0 Å². The first kappa shape index (κ1) is 15.9. The van der Waals surface area contributed by atoms with Crippen molar-refractivity contribution >= 4 is 5.69 Å². The van der Waals surface area contributed by atoms with Gasteiger partial charge in [-0.1, -0.05) is 0 Å². The Labute approximate surface area is 115 Å². The number of pyridine rings is 1. The van der Waals surface area contributed by atoms with E-state index >= 15 is 0 Å². The van der Waals surface area contributed by atoms with E-state index in [0.29, 0.717) is 26.4 Å². The number of aliphatic hydroxyl groups is 1. The van der Waals surface area contributed by atoms with Crippen LogP contribution in [0, 0.1) is 0 Å². The third-order valence-corrected chi connectivity index (χ3v) is 2.82. The van der Waals surface area contributed by atoms with E-state index in [4.69, 9.17) is 9.47 Å². The Morgan fingerprint density at radius 3 is 2.32 bits per heavy atom. The van der Waals surface area contributed by atoms with Crippen LogP contribution in [0.4, 0.5) is 5.69 Å². The topological polar surface area (TPSA) is 54.8 Å². The smallest absolute Gasteiger partial charge is 0.0703 e. The van der Waals surface area contributed by atoms with Crippen LogP contribution in [0.3, 0.4) is 0 Å². The van der Waals surface area contributed by atoms with E-state index in [9.17, 15) is 5.11 Å². The molecule has 0 amide bonds. The molecule has 0 radical (unpaired) electrons. The summed E-state index contributed by atoms with van der Waals surface area (Å²) < 4.78 is 10.8. The number of hydrogen-bond donors (Lipinski definition) is 1. The number of aromatic nitrogens is 1. The largest absolute Gasteiger partial charge is 0.392 e. The maximum absolute atomic E-state index is 9.39. The lowest BCUT2D eigenvalue weighted by atomic mass is 10.2. The van der Waals surface area contributed by atoms with E-state index in [1.165, 1.54) is 0 Å². The molecule has 1 aromatic heterocycles. The summed E-state index contributed by atoms with van der Waals surface area (Å²) in [5.74, 6) is 0. The molecule has 1 aromatic rings. The van der Waals surface area contributed by atoms with Gasteiger partial charge in [0.1, 0.15) is 0 Å². The summed E-state index contributed by atoms with van der Waals surface area (Å²) >= 11 is 0. The molecule has 19 heavy (non-hydrogen) atoms. The summed E-state index contributed by atoms with van der Waals surface area (Å²) in [7, 11) is 0. The molecule has 0 aliphatic carbocycles. The summed E-state index contributed by atoms with van der Waals surface area (Å²) in [5.41, 5.74) is 1.83. The zero-order chi connectivity index (χ0) is 13.9. The van der Waals surface area contributed by atoms with Crippen molar-refractivity contribution in [3.63, 3.8) is 0 Å². The second kappa shape index (κ2) is 9.72. The minimum atomic E-state index is 0.0115. The summed E-state index contributed by atoms with van der Waals surface area (Å²) in [6, 6.07) is 1.84. The molecule has 0 saturated carbocycles. The summed E-state index contributed by atoms with van der Waals surface area (Å²) in [4.78, 5) is 6.28. The highest BCUT2D eigenvalue weighted by molar-refractivity contribution is 5.51. The SMILES string of the molecule is CCOCCN(CCOCC)c1cnccc1CO. The molecule has 1 N–H and O–H groups in total. The maximum Gasteiger partial charge on any atom is 0.0703 e. The fraction of sp³-hybridized carbons (Fsp3) is 0.643. The Kier molecular flexibility index (Phi) is 8.13. The van der Waals surface area contributed by atoms with Crippen LogP contribution in [-0.2, 0) is 16.1 Å². The second-order valence-electron chi connectivity index (χ2n) is 4.04. The van der Waals surface area contributed by atoms with Crippen LogP contribution in [0.15, 0.2) is 18.5 Å². The second-order valence-corrected chi connectivity index (χ2v) is 4.04. The van der Waals surface area contributed by atoms with Crippen LogP contribution in [0.1, 0.15) is 19.4 Å². The van der Waals surface area contributed by atoms with E-state index in [1.54, 1.807) is 12.4 Å². The van der Waals surface area contributed by atoms with Gasteiger partial charge >= 0.3 is 0 Å². The predicted molar refractivity (Wildman–Crippen MR) is 75.4 cm³/mol. The number of hydrogen-bond acceptors (Lipinski definition) is 5. The first-order chi connectivity index (χ1) is 9.33. The Bertz CT molecular complexity index is 337. The van der Waals surface area contributed by atoms with Crippen molar-refractivity contribution in [2.24, 2.45) is 0 Å². The minimum Gasteiger partial charge on any atom is -0.392 e. The average Bonchev–Trinajstić information content (AvgIpc) is 2.46. The van der Waals surface area contributed by atoms with Crippen LogP contribution in [-0.4, -0.2) is 49.6 Å². The van der Waals surface area contributed by atoms with E-state index in [-0.39, 0.29) is 6.61 Å². The number of aliphatic hydroxyl groups excluding tert-OH is 1. The Balaban J connectivity index is 2.69. The van der Waals surface area contributed by atoms with Gasteiger partial charge in [-0.2, -0.15) is 0 Å². The van der Waals surface area contributed by atoms with E-state index in [2.05, 4.69) is 9.88 Å². The van der Waals surface area contributed by atoms with Gasteiger partial charge in [0.05, 0.1) is 31.7 Å². The van der Waals surface area contributed by atoms with Crippen molar-refractivity contribution in [1.29, 1.82) is 0 Å². The number of nitrogens with zero attached hydrogens (tertiary/aromatic N) is 2. The molecule has 5 nitrogen and oxygen atoms in total. The van der Waals surface area contributed by atoms with Gasteiger partial charge in [0.25, 0.3) is 0 Å². The van der Waals surface area contributed by atoms with Crippen molar-refractivity contribution in [1.82, 2.24) is 4.98 Å². The average molecular weight is 268 g/mol. The number of rotatable bonds is 10. The highest BCUT2D eigenvalue weighted by Gasteiger charge is 2.10. The van der Waals surface area contributed by atoms with E-state index in [0.717, 1.165) is 24.3 Å². The monoisotopic (exact) mass is 268 g/mol. The zero-order valence-electron chi connectivity index (χ0n) is 11.8. The molecule has 0 saturated heterocycles. The van der Waals surface area contributed by atoms with Gasteiger partial charge in [0, 0.05) is 38.1 Å². The van der Waals surface area contributed by atoms with Crippen molar-refractivity contribution in [3.05, 3.63) is 24.0 Å². The summed E-state index contributed by atoms with van der Waals surface area (Å²) in [6.07, 6.45) is 3.47. The van der Waals surface area contributed by atoms with E-state index in [1.807, 2.05) is 19.9 Å². The first-order valence-electron chi connectivity index (χ1n) is 6.77. The lowest BCUT2D eigenvalue weighted by molar-refractivity contribution is 0.141. The fourth-order valence-electron chi connectivity index (χ4n) is 1.82. The van der Waals surface area contributed by atoms with Crippen LogP contribution < -0.4 is 4.90 Å². The molecule has 0 atom stereocenters. The molecule has 5 heteroatoms. The number of ether oxygens (including phenoxy) is 2. The Hall–Kier alpha value is -1.17. The van der Waals surface area contributed by atoms with Crippen molar-refractivity contribution < 1.29 is 14.6 Å². The molecule has 0 bridgehead atoms. The standard InChI is InChI=1S/C14H24N2O3/c1-3-18-9-7-16(8-10-19-4-2)14-11-15-6-5-13(14)12-17/h5-6,11,17H,3-4,7-10,12H2,1-2H3. The van der Waals surface area contributed by atoms with Gasteiger partial charge in [-0.3, -0.25) is 4.98 Å². The number of anilines is 1. The Morgan fingerprint density at radius 2 is 1.79 bits per heavy atom. The molecule has 0 unspecified atom stereocenters. The van der Waals surface area contributed by atoms with Crippen LogP contribution in [0.5, 0.6) is 0 Å². The molecule has 0 aromatic carbocycles. The molecular weight excluding hydrogens is 244 g/mol. The molecule has 0 aliphatic heterocycles. The molecule has 108 valence electrons. The van der Waals surface area contributed by atoms with Crippen LogP contribution in [0.2, 0.25) is 0 Å². The molecule has 0 fully saturated rings. The van der Waals surface area contributed by atoms with Crippen molar-refractivity contribution in [2.75, 3.05) is 44.4 Å². The maximum atomic E-state index is 9.39. The lowest BCUT2D eigenvalue weighted by Gasteiger charge is -2.26. The fourth-order valence-corrected chi connectivity index (χ4v) is 1.82. The summed E-state index contributed by atoms with van der Waals surface area (Å²) in [5, 5.41) is 9.39.